The van der Waals surface area contributed by atoms with Crippen LogP contribution in [0.5, 0.6) is 0 Å². The summed E-state index contributed by atoms with van der Waals surface area (Å²) in [5, 5.41) is 2.63. The molecule has 0 saturated carbocycles. The number of benzene rings is 2. The van der Waals surface area contributed by atoms with Crippen molar-refractivity contribution >= 4 is 40.9 Å². The monoisotopic (exact) mass is 414 g/mol. The molecule has 29 heavy (non-hydrogen) atoms. The summed E-state index contributed by atoms with van der Waals surface area (Å²) in [4.78, 5) is 39.4. The van der Waals surface area contributed by atoms with Crippen LogP contribution in [-0.4, -0.2) is 28.8 Å². The molecule has 1 fully saturated rings. The van der Waals surface area contributed by atoms with E-state index >= 15 is 0 Å². The standard InChI is InChI=1S/C21H19FN2O4S/c1-2-16(19(26)23-14-9-7-13(22)8-10-14)28-20(27)21-12-11-18(25)24(21)15-5-3-4-6-17(15)29-21/h3-10,16H,2,11-12H2,1H3,(H,23,26)/t16-,21-/m0/s1. The van der Waals surface area contributed by atoms with Gasteiger partial charge in [-0.25, -0.2) is 9.18 Å². The van der Waals surface area contributed by atoms with Gasteiger partial charge in [0.2, 0.25) is 5.91 Å². The lowest BCUT2D eigenvalue weighted by Gasteiger charge is -2.30. The molecule has 0 bridgehead atoms. The minimum atomic E-state index is -1.18. The molecule has 2 aliphatic rings. The number of amides is 2. The number of fused-ring (bicyclic) bond motifs is 3. The van der Waals surface area contributed by atoms with Crippen LogP contribution in [0.15, 0.2) is 53.4 Å². The van der Waals surface area contributed by atoms with E-state index in [2.05, 4.69) is 5.32 Å². The molecule has 2 heterocycles. The van der Waals surface area contributed by atoms with Crippen LogP contribution in [0.2, 0.25) is 0 Å². The van der Waals surface area contributed by atoms with Gasteiger partial charge in [0.15, 0.2) is 11.0 Å². The molecule has 0 aliphatic carbocycles. The Bertz CT molecular complexity index is 981. The number of thioether (sulfide) groups is 1. The van der Waals surface area contributed by atoms with Crippen molar-refractivity contribution in [2.45, 2.75) is 42.1 Å². The zero-order valence-corrected chi connectivity index (χ0v) is 16.5. The highest BCUT2D eigenvalue weighted by molar-refractivity contribution is 8.02. The Kier molecular flexibility index (Phi) is 5.04. The van der Waals surface area contributed by atoms with Gasteiger partial charge in [0.05, 0.1) is 5.69 Å². The molecule has 2 amide bonds. The highest BCUT2D eigenvalue weighted by atomic mass is 32.2. The molecule has 1 N–H and O–H groups in total. The van der Waals surface area contributed by atoms with Crippen molar-refractivity contribution in [2.75, 3.05) is 10.2 Å². The Morgan fingerprint density at radius 2 is 1.97 bits per heavy atom. The normalized spacial score (nSPS) is 20.8. The van der Waals surface area contributed by atoms with Gasteiger partial charge < -0.3 is 10.1 Å². The Morgan fingerprint density at radius 1 is 1.24 bits per heavy atom. The van der Waals surface area contributed by atoms with Gasteiger partial charge in [-0.05, 0) is 42.8 Å². The zero-order valence-electron chi connectivity index (χ0n) is 15.7. The Morgan fingerprint density at radius 3 is 2.69 bits per heavy atom. The van der Waals surface area contributed by atoms with Crippen LogP contribution in [-0.2, 0) is 19.1 Å². The minimum absolute atomic E-state index is 0.136. The second-order valence-electron chi connectivity index (χ2n) is 6.88. The predicted octanol–water partition coefficient (Wildman–Crippen LogP) is 3.72. The van der Waals surface area contributed by atoms with E-state index in [0.717, 1.165) is 4.90 Å². The molecule has 6 nitrogen and oxygen atoms in total. The largest absolute Gasteiger partial charge is 0.450 e. The fraction of sp³-hybridized carbons (Fsp3) is 0.286. The van der Waals surface area contributed by atoms with E-state index in [1.165, 1.54) is 40.9 Å². The summed E-state index contributed by atoms with van der Waals surface area (Å²) in [7, 11) is 0. The number of esters is 1. The number of hydrogen-bond donors (Lipinski definition) is 1. The third-order valence-electron chi connectivity index (χ3n) is 5.02. The van der Waals surface area contributed by atoms with Crippen molar-refractivity contribution in [2.24, 2.45) is 0 Å². The number of carbonyl (C=O) groups excluding carboxylic acids is 3. The van der Waals surface area contributed by atoms with Crippen LogP contribution in [0.25, 0.3) is 0 Å². The second kappa shape index (κ2) is 7.51. The molecule has 0 unspecified atom stereocenters. The quantitative estimate of drug-likeness (QED) is 0.755. The number of nitrogens with zero attached hydrogens (tertiary/aromatic N) is 1. The van der Waals surface area contributed by atoms with Crippen molar-refractivity contribution in [3.63, 3.8) is 0 Å². The molecule has 8 heteroatoms. The van der Waals surface area contributed by atoms with Crippen LogP contribution < -0.4 is 10.2 Å². The van der Waals surface area contributed by atoms with Gasteiger partial charge in [-0.2, -0.15) is 0 Å². The summed E-state index contributed by atoms with van der Waals surface area (Å²) >= 11 is 1.29. The summed E-state index contributed by atoms with van der Waals surface area (Å²) in [6, 6.07) is 12.7. The van der Waals surface area contributed by atoms with Crippen molar-refractivity contribution in [3.8, 4) is 0 Å². The van der Waals surface area contributed by atoms with Gasteiger partial charge in [-0.3, -0.25) is 14.5 Å². The van der Waals surface area contributed by atoms with E-state index in [-0.39, 0.29) is 18.7 Å². The SMILES string of the molecule is CC[C@H](OC(=O)[C@@]12CCC(=O)N1c1ccccc1S2)C(=O)Nc1ccc(F)cc1. The number of anilines is 2. The van der Waals surface area contributed by atoms with Gasteiger partial charge >= 0.3 is 5.97 Å². The van der Waals surface area contributed by atoms with Crippen molar-refractivity contribution < 1.29 is 23.5 Å². The number of halogens is 1. The van der Waals surface area contributed by atoms with Crippen LogP contribution in [0.4, 0.5) is 15.8 Å². The number of nitrogens with one attached hydrogen (secondary N) is 1. The number of rotatable bonds is 5. The van der Waals surface area contributed by atoms with E-state index in [4.69, 9.17) is 4.74 Å². The third-order valence-corrected chi connectivity index (χ3v) is 6.47. The number of carbonyl (C=O) groups is 3. The average molecular weight is 414 g/mol. The molecule has 1 saturated heterocycles. The maximum atomic E-state index is 13.2. The van der Waals surface area contributed by atoms with E-state index in [9.17, 15) is 18.8 Å². The fourth-order valence-corrected chi connectivity index (χ4v) is 4.97. The number of hydrogen-bond acceptors (Lipinski definition) is 5. The molecule has 2 aliphatic heterocycles. The Hall–Kier alpha value is -2.87. The van der Waals surface area contributed by atoms with E-state index < -0.39 is 28.7 Å². The first-order chi connectivity index (χ1) is 13.9. The zero-order chi connectivity index (χ0) is 20.6. The molecule has 2 aromatic carbocycles. The van der Waals surface area contributed by atoms with Crippen molar-refractivity contribution in [1.29, 1.82) is 0 Å². The molecule has 2 atom stereocenters. The maximum absolute atomic E-state index is 13.2. The smallest absolute Gasteiger partial charge is 0.344 e. The summed E-state index contributed by atoms with van der Waals surface area (Å²) < 4.78 is 18.6. The summed E-state index contributed by atoms with van der Waals surface area (Å²) in [6.45, 7) is 1.73. The predicted molar refractivity (Wildman–Crippen MR) is 107 cm³/mol. The first-order valence-electron chi connectivity index (χ1n) is 9.33. The highest BCUT2D eigenvalue weighted by Crippen LogP contribution is 2.56. The lowest BCUT2D eigenvalue weighted by atomic mass is 10.2. The van der Waals surface area contributed by atoms with E-state index in [1.807, 2.05) is 18.2 Å². The number of ether oxygens (including phenoxy) is 1. The molecule has 4 rings (SSSR count). The molecular weight excluding hydrogens is 395 g/mol. The van der Waals surface area contributed by atoms with Gasteiger partial charge in [0.1, 0.15) is 5.82 Å². The number of para-hydroxylation sites is 1. The Labute approximate surface area is 171 Å². The first-order valence-corrected chi connectivity index (χ1v) is 10.1. The lowest BCUT2D eigenvalue weighted by molar-refractivity contribution is -0.156. The summed E-state index contributed by atoms with van der Waals surface area (Å²) in [5.41, 5.74) is 1.10. The summed E-state index contributed by atoms with van der Waals surface area (Å²) in [5.74, 6) is -1.65. The average Bonchev–Trinajstić information content (AvgIpc) is 3.23. The molecule has 0 radical (unpaired) electrons. The first kappa shape index (κ1) is 19.4. The molecule has 0 spiro atoms. The van der Waals surface area contributed by atoms with Gasteiger partial charge in [0, 0.05) is 23.4 Å². The van der Waals surface area contributed by atoms with Crippen molar-refractivity contribution in [3.05, 3.63) is 54.3 Å². The second-order valence-corrected chi connectivity index (χ2v) is 8.20. The van der Waals surface area contributed by atoms with E-state index in [0.29, 0.717) is 17.8 Å². The minimum Gasteiger partial charge on any atom is -0.450 e. The van der Waals surface area contributed by atoms with Gasteiger partial charge in [-0.15, -0.1) is 0 Å². The lowest BCUT2D eigenvalue weighted by Crippen LogP contribution is -2.49. The van der Waals surface area contributed by atoms with Gasteiger partial charge in [0.25, 0.3) is 5.91 Å². The summed E-state index contributed by atoms with van der Waals surface area (Å²) in [6.07, 6.45) is -0.195. The highest BCUT2D eigenvalue weighted by Gasteiger charge is 2.59. The van der Waals surface area contributed by atoms with Gasteiger partial charge in [-0.1, -0.05) is 30.8 Å². The van der Waals surface area contributed by atoms with Crippen LogP contribution in [0.3, 0.4) is 0 Å². The van der Waals surface area contributed by atoms with Crippen LogP contribution in [0.1, 0.15) is 26.2 Å². The van der Waals surface area contributed by atoms with E-state index in [1.54, 1.807) is 13.0 Å². The molecule has 150 valence electrons. The molecular formula is C21H19FN2O4S. The topological polar surface area (TPSA) is 75.7 Å². The van der Waals surface area contributed by atoms with Crippen molar-refractivity contribution in [1.82, 2.24) is 0 Å². The van der Waals surface area contributed by atoms with Crippen LogP contribution in [0, 0.1) is 5.82 Å². The third kappa shape index (κ3) is 3.37. The Balaban J connectivity index is 1.52. The van der Waals surface area contributed by atoms with Crippen LogP contribution >= 0.6 is 11.8 Å². The molecule has 0 aromatic heterocycles. The molecule has 2 aromatic rings. The fourth-order valence-electron chi connectivity index (χ4n) is 3.57. The maximum Gasteiger partial charge on any atom is 0.344 e.